The first kappa shape index (κ1) is 13.9. The van der Waals surface area contributed by atoms with Gasteiger partial charge in [-0.15, -0.1) is 0 Å². The van der Waals surface area contributed by atoms with Crippen LogP contribution in [0.15, 0.2) is 30.3 Å². The number of imide groups is 1. The topological polar surface area (TPSA) is 46.2 Å². The Morgan fingerprint density at radius 2 is 1.82 bits per heavy atom. The van der Waals surface area contributed by atoms with E-state index in [4.69, 9.17) is 0 Å². The van der Waals surface area contributed by atoms with Gasteiger partial charge in [-0.25, -0.2) is 0 Å². The fourth-order valence-corrected chi connectivity index (χ4v) is 2.23. The van der Waals surface area contributed by atoms with Gasteiger partial charge in [-0.05, 0) is 24.5 Å². The molecule has 1 unspecified atom stereocenters. The molecular formula is C13H16BrNO2. The number of rotatable bonds is 4. The highest BCUT2D eigenvalue weighted by Gasteiger charge is 2.18. The van der Waals surface area contributed by atoms with Gasteiger partial charge in [0.1, 0.15) is 0 Å². The molecule has 0 saturated heterocycles. The van der Waals surface area contributed by atoms with Crippen LogP contribution in [0.3, 0.4) is 0 Å². The number of hydrogen-bond donors (Lipinski definition) is 1. The van der Waals surface area contributed by atoms with Crippen molar-refractivity contribution in [2.75, 3.05) is 0 Å². The maximum Gasteiger partial charge on any atom is 0.257 e. The highest BCUT2D eigenvalue weighted by atomic mass is 79.9. The van der Waals surface area contributed by atoms with E-state index in [2.05, 4.69) is 21.2 Å². The van der Waals surface area contributed by atoms with Crippen LogP contribution < -0.4 is 5.32 Å². The lowest BCUT2D eigenvalue weighted by Crippen LogP contribution is -2.36. The molecule has 1 aromatic rings. The second-order valence-corrected chi connectivity index (χ2v) is 5.39. The number of carbonyl (C=O) groups is 2. The van der Waals surface area contributed by atoms with Crippen LogP contribution in [0.1, 0.15) is 30.6 Å². The van der Waals surface area contributed by atoms with Crippen LogP contribution in [0.5, 0.6) is 0 Å². The van der Waals surface area contributed by atoms with Crippen LogP contribution >= 0.6 is 15.9 Å². The number of carbonyl (C=O) groups excluding carboxylic acids is 2. The van der Waals surface area contributed by atoms with Gasteiger partial charge in [-0.1, -0.05) is 48.0 Å². The van der Waals surface area contributed by atoms with E-state index in [1.807, 2.05) is 19.9 Å². The zero-order valence-electron chi connectivity index (χ0n) is 9.94. The highest BCUT2D eigenvalue weighted by Crippen LogP contribution is 2.12. The smallest absolute Gasteiger partial charge is 0.257 e. The number of nitrogens with one attached hydrogen (secondary N) is 1. The normalized spacial score (nSPS) is 12.2. The standard InChI is InChI=1S/C13H16BrNO2/c1-9(2)8-11(14)13(17)15-12(16)10-6-4-3-5-7-10/h3-7,9,11H,8H2,1-2H3,(H,15,16,17). The minimum absolute atomic E-state index is 0.285. The van der Waals surface area contributed by atoms with Gasteiger partial charge >= 0.3 is 0 Å². The van der Waals surface area contributed by atoms with Crippen molar-refractivity contribution in [3.63, 3.8) is 0 Å². The van der Waals surface area contributed by atoms with Crippen molar-refractivity contribution >= 4 is 27.7 Å². The van der Waals surface area contributed by atoms with Gasteiger partial charge in [0, 0.05) is 5.56 Å². The second kappa shape index (κ2) is 6.55. The largest absolute Gasteiger partial charge is 0.291 e. The molecule has 0 fully saturated rings. The first-order chi connectivity index (χ1) is 8.00. The summed E-state index contributed by atoms with van der Waals surface area (Å²) in [6.45, 7) is 4.06. The van der Waals surface area contributed by atoms with Gasteiger partial charge in [0.15, 0.2) is 0 Å². The molecule has 0 bridgehead atoms. The van der Waals surface area contributed by atoms with E-state index < -0.39 is 0 Å². The third kappa shape index (κ3) is 4.69. The lowest BCUT2D eigenvalue weighted by Gasteiger charge is -2.11. The fraction of sp³-hybridized carbons (Fsp3) is 0.385. The molecule has 0 aliphatic heterocycles. The van der Waals surface area contributed by atoms with Crippen LogP contribution in [0.2, 0.25) is 0 Å². The Hall–Kier alpha value is -1.16. The lowest BCUT2D eigenvalue weighted by molar-refractivity contribution is -0.119. The van der Waals surface area contributed by atoms with Crippen molar-refractivity contribution in [1.29, 1.82) is 0 Å². The van der Waals surface area contributed by atoms with E-state index in [9.17, 15) is 9.59 Å². The molecule has 92 valence electrons. The molecule has 3 nitrogen and oxygen atoms in total. The quantitative estimate of drug-likeness (QED) is 0.869. The average molecular weight is 298 g/mol. The van der Waals surface area contributed by atoms with E-state index >= 15 is 0 Å². The molecule has 1 aromatic carbocycles. The molecule has 1 rings (SSSR count). The predicted octanol–water partition coefficient (Wildman–Crippen LogP) is 2.75. The molecule has 0 heterocycles. The van der Waals surface area contributed by atoms with Gasteiger partial charge in [-0.3, -0.25) is 14.9 Å². The van der Waals surface area contributed by atoms with E-state index in [-0.39, 0.29) is 16.6 Å². The first-order valence-corrected chi connectivity index (χ1v) is 6.46. The Morgan fingerprint density at radius 3 is 2.35 bits per heavy atom. The Balaban J connectivity index is 2.55. The van der Waals surface area contributed by atoms with Crippen molar-refractivity contribution in [3.05, 3.63) is 35.9 Å². The van der Waals surface area contributed by atoms with Crippen LogP contribution in [0.4, 0.5) is 0 Å². The minimum atomic E-state index is -0.358. The maximum atomic E-state index is 11.7. The van der Waals surface area contributed by atoms with Crippen LogP contribution in [0.25, 0.3) is 0 Å². The zero-order chi connectivity index (χ0) is 12.8. The van der Waals surface area contributed by atoms with Gasteiger partial charge in [0.25, 0.3) is 5.91 Å². The van der Waals surface area contributed by atoms with Gasteiger partial charge < -0.3 is 0 Å². The SMILES string of the molecule is CC(C)CC(Br)C(=O)NC(=O)c1ccccc1. The Kier molecular flexibility index (Phi) is 5.35. The molecule has 0 aliphatic carbocycles. The third-order valence-corrected chi connectivity index (χ3v) is 3.03. The Morgan fingerprint density at radius 1 is 1.24 bits per heavy atom. The van der Waals surface area contributed by atoms with Gasteiger partial charge in [-0.2, -0.15) is 0 Å². The molecule has 0 aliphatic rings. The summed E-state index contributed by atoms with van der Waals surface area (Å²) in [4.78, 5) is 23.1. The van der Waals surface area contributed by atoms with Crippen molar-refractivity contribution in [3.8, 4) is 0 Å². The average Bonchev–Trinajstić information content (AvgIpc) is 2.29. The number of amides is 2. The summed E-state index contributed by atoms with van der Waals surface area (Å²) in [5.74, 6) is -0.242. The van der Waals surface area contributed by atoms with Crippen LogP contribution in [-0.4, -0.2) is 16.6 Å². The maximum absolute atomic E-state index is 11.7. The molecule has 1 N–H and O–H groups in total. The second-order valence-electron chi connectivity index (χ2n) is 4.28. The summed E-state index contributed by atoms with van der Waals surface area (Å²) >= 11 is 3.28. The van der Waals surface area contributed by atoms with Gasteiger partial charge in [0.05, 0.1) is 4.83 Å². The molecule has 17 heavy (non-hydrogen) atoms. The molecule has 0 spiro atoms. The van der Waals surface area contributed by atoms with Crippen molar-refractivity contribution in [2.24, 2.45) is 5.92 Å². The number of halogens is 1. The Bertz CT molecular complexity index is 390. The first-order valence-electron chi connectivity index (χ1n) is 5.55. The zero-order valence-corrected chi connectivity index (χ0v) is 11.5. The summed E-state index contributed by atoms with van der Waals surface area (Å²) in [5.41, 5.74) is 0.491. The molecule has 2 amide bonds. The number of alkyl halides is 1. The van der Waals surface area contributed by atoms with E-state index in [0.29, 0.717) is 17.9 Å². The Labute approximate surface area is 110 Å². The molecular weight excluding hydrogens is 282 g/mol. The molecule has 4 heteroatoms. The molecule has 1 atom stereocenters. The molecule has 0 aromatic heterocycles. The highest BCUT2D eigenvalue weighted by molar-refractivity contribution is 9.10. The predicted molar refractivity (Wildman–Crippen MR) is 71.1 cm³/mol. The van der Waals surface area contributed by atoms with Crippen LogP contribution in [0, 0.1) is 5.92 Å². The van der Waals surface area contributed by atoms with E-state index in [1.54, 1.807) is 24.3 Å². The summed E-state index contributed by atoms with van der Waals surface area (Å²) in [7, 11) is 0. The van der Waals surface area contributed by atoms with Crippen LogP contribution in [-0.2, 0) is 4.79 Å². The van der Waals surface area contributed by atoms with Crippen molar-refractivity contribution < 1.29 is 9.59 Å². The summed E-state index contributed by atoms with van der Waals surface area (Å²) in [6, 6.07) is 8.70. The summed E-state index contributed by atoms with van der Waals surface area (Å²) < 4.78 is 0. The number of benzene rings is 1. The van der Waals surface area contributed by atoms with Gasteiger partial charge in [0.2, 0.25) is 5.91 Å². The van der Waals surface area contributed by atoms with Crippen molar-refractivity contribution in [1.82, 2.24) is 5.32 Å². The molecule has 0 radical (unpaired) electrons. The van der Waals surface area contributed by atoms with Crippen molar-refractivity contribution in [2.45, 2.75) is 25.1 Å². The molecule has 0 saturated carbocycles. The lowest BCUT2D eigenvalue weighted by atomic mass is 10.1. The van der Waals surface area contributed by atoms with E-state index in [1.165, 1.54) is 0 Å². The third-order valence-electron chi connectivity index (χ3n) is 2.24. The van der Waals surface area contributed by atoms with E-state index in [0.717, 1.165) is 0 Å². The monoisotopic (exact) mass is 297 g/mol. The summed E-state index contributed by atoms with van der Waals surface area (Å²) in [6.07, 6.45) is 0.702. The number of hydrogen-bond acceptors (Lipinski definition) is 2. The summed E-state index contributed by atoms with van der Waals surface area (Å²) in [5, 5.41) is 2.38. The fourth-order valence-electron chi connectivity index (χ4n) is 1.37. The minimum Gasteiger partial charge on any atom is -0.291 e.